The summed E-state index contributed by atoms with van der Waals surface area (Å²) in [5.74, 6) is 1.26. The van der Waals surface area contributed by atoms with Gasteiger partial charge in [0.15, 0.2) is 5.76 Å². The molecule has 92 valence electrons. The molecule has 3 rings (SSSR count). The summed E-state index contributed by atoms with van der Waals surface area (Å²) in [5, 5.41) is 7.05. The highest BCUT2D eigenvalue weighted by Crippen LogP contribution is 2.33. The van der Waals surface area contributed by atoms with E-state index in [4.69, 9.17) is 4.52 Å². The quantitative estimate of drug-likeness (QED) is 0.826. The van der Waals surface area contributed by atoms with Crippen molar-refractivity contribution in [1.29, 1.82) is 0 Å². The van der Waals surface area contributed by atoms with E-state index in [2.05, 4.69) is 10.5 Å². The van der Waals surface area contributed by atoms with Gasteiger partial charge in [-0.05, 0) is 19.8 Å². The monoisotopic (exact) mass is 235 g/mol. The molecule has 1 N–H and O–H groups in total. The van der Waals surface area contributed by atoms with E-state index in [1.165, 1.54) is 0 Å². The molecule has 0 bridgehead atoms. The Kier molecular flexibility index (Phi) is 2.63. The van der Waals surface area contributed by atoms with Crippen molar-refractivity contribution < 1.29 is 9.32 Å². The third-order valence-electron chi connectivity index (χ3n) is 3.64. The molecule has 1 amide bonds. The van der Waals surface area contributed by atoms with Gasteiger partial charge in [-0.3, -0.25) is 4.79 Å². The lowest BCUT2D eigenvalue weighted by molar-refractivity contribution is -0.138. The molecule has 0 saturated carbocycles. The maximum atomic E-state index is 12.2. The summed E-state index contributed by atoms with van der Waals surface area (Å²) in [6.07, 6.45) is 2.04. The highest BCUT2D eigenvalue weighted by atomic mass is 16.5. The molecular weight excluding hydrogens is 218 g/mol. The first kappa shape index (κ1) is 10.8. The van der Waals surface area contributed by atoms with Gasteiger partial charge in [0.25, 0.3) is 0 Å². The minimum Gasteiger partial charge on any atom is -0.359 e. The number of carbonyl (C=O) groups excluding carboxylic acids is 1. The molecule has 2 aliphatic heterocycles. The third kappa shape index (κ3) is 1.84. The van der Waals surface area contributed by atoms with E-state index >= 15 is 0 Å². The maximum absolute atomic E-state index is 12.2. The van der Waals surface area contributed by atoms with Crippen molar-refractivity contribution in [1.82, 2.24) is 15.4 Å². The van der Waals surface area contributed by atoms with Gasteiger partial charge in [-0.15, -0.1) is 0 Å². The molecule has 1 aromatic rings. The molecule has 0 spiro atoms. The molecule has 0 aromatic carbocycles. The van der Waals surface area contributed by atoms with Gasteiger partial charge in [0, 0.05) is 25.7 Å². The highest BCUT2D eigenvalue weighted by molar-refractivity contribution is 5.80. The topological polar surface area (TPSA) is 58.4 Å². The van der Waals surface area contributed by atoms with Gasteiger partial charge in [-0.25, -0.2) is 0 Å². The number of aromatic nitrogens is 1. The average Bonchev–Trinajstić information content (AvgIpc) is 2.81. The lowest BCUT2D eigenvalue weighted by Crippen LogP contribution is -2.51. The summed E-state index contributed by atoms with van der Waals surface area (Å²) in [7, 11) is 0. The van der Waals surface area contributed by atoms with Crippen LogP contribution in [0.25, 0.3) is 0 Å². The Labute approximate surface area is 100 Å². The summed E-state index contributed by atoms with van der Waals surface area (Å²) >= 11 is 0. The zero-order valence-corrected chi connectivity index (χ0v) is 9.98. The van der Waals surface area contributed by atoms with Crippen LogP contribution in [-0.4, -0.2) is 35.6 Å². The Balaban J connectivity index is 1.77. The first-order chi connectivity index (χ1) is 8.25. The number of aryl methyl sites for hydroxylation is 1. The van der Waals surface area contributed by atoms with E-state index in [0.29, 0.717) is 0 Å². The number of nitrogens with one attached hydrogen (secondary N) is 1. The first-order valence-corrected chi connectivity index (χ1v) is 6.20. The Morgan fingerprint density at radius 2 is 2.41 bits per heavy atom. The van der Waals surface area contributed by atoms with Crippen molar-refractivity contribution in [2.24, 2.45) is 5.92 Å². The van der Waals surface area contributed by atoms with E-state index < -0.39 is 0 Å². The Hall–Kier alpha value is -1.36. The van der Waals surface area contributed by atoms with E-state index in [9.17, 15) is 4.79 Å². The fraction of sp³-hybridized carbons (Fsp3) is 0.667. The van der Waals surface area contributed by atoms with E-state index in [1.54, 1.807) is 0 Å². The SMILES string of the molecule is Cc1cc(C2CCCN2C(=O)C2CNC2)on1. The number of likely N-dealkylation sites (tertiary alicyclic amines) is 1. The molecular formula is C12H17N3O2. The van der Waals surface area contributed by atoms with Crippen LogP contribution in [0.15, 0.2) is 10.6 Å². The second-order valence-corrected chi connectivity index (χ2v) is 4.92. The molecule has 1 aromatic heterocycles. The van der Waals surface area contributed by atoms with Gasteiger partial charge in [-0.1, -0.05) is 5.16 Å². The number of amides is 1. The standard InChI is InChI=1S/C12H17N3O2/c1-8-5-11(17-14-8)10-3-2-4-15(10)12(16)9-6-13-7-9/h5,9-10,13H,2-4,6-7H2,1H3. The fourth-order valence-electron chi connectivity index (χ4n) is 2.56. The molecule has 3 heterocycles. The molecule has 1 unspecified atom stereocenters. The zero-order chi connectivity index (χ0) is 11.8. The second kappa shape index (κ2) is 4.14. The number of hydrogen-bond donors (Lipinski definition) is 1. The molecule has 17 heavy (non-hydrogen) atoms. The van der Waals surface area contributed by atoms with Crippen molar-refractivity contribution in [3.8, 4) is 0 Å². The number of rotatable bonds is 2. The molecule has 0 radical (unpaired) electrons. The lowest BCUT2D eigenvalue weighted by atomic mass is 10.0. The van der Waals surface area contributed by atoms with Crippen molar-refractivity contribution in [2.45, 2.75) is 25.8 Å². The van der Waals surface area contributed by atoms with Crippen LogP contribution in [0.2, 0.25) is 0 Å². The number of hydrogen-bond acceptors (Lipinski definition) is 4. The van der Waals surface area contributed by atoms with Gasteiger partial charge >= 0.3 is 0 Å². The van der Waals surface area contributed by atoms with Crippen LogP contribution < -0.4 is 5.32 Å². The van der Waals surface area contributed by atoms with Gasteiger partial charge in [-0.2, -0.15) is 0 Å². The van der Waals surface area contributed by atoms with Crippen molar-refractivity contribution >= 4 is 5.91 Å². The molecule has 5 heteroatoms. The van der Waals surface area contributed by atoms with Crippen LogP contribution in [0.4, 0.5) is 0 Å². The number of nitrogens with zero attached hydrogens (tertiary/aromatic N) is 2. The predicted octanol–water partition coefficient (Wildman–Crippen LogP) is 0.866. The van der Waals surface area contributed by atoms with Crippen LogP contribution >= 0.6 is 0 Å². The third-order valence-corrected chi connectivity index (χ3v) is 3.64. The smallest absolute Gasteiger partial charge is 0.228 e. The van der Waals surface area contributed by atoms with Gasteiger partial charge in [0.2, 0.25) is 5.91 Å². The Bertz CT molecular complexity index is 425. The number of carbonyl (C=O) groups is 1. The molecule has 2 fully saturated rings. The van der Waals surface area contributed by atoms with E-state index in [0.717, 1.165) is 43.9 Å². The fourth-order valence-corrected chi connectivity index (χ4v) is 2.56. The normalized spacial score (nSPS) is 25.0. The molecule has 2 saturated heterocycles. The van der Waals surface area contributed by atoms with E-state index in [-0.39, 0.29) is 17.9 Å². The lowest BCUT2D eigenvalue weighted by Gasteiger charge is -2.32. The Morgan fingerprint density at radius 3 is 3.00 bits per heavy atom. The summed E-state index contributed by atoms with van der Waals surface area (Å²) in [6, 6.07) is 2.04. The van der Waals surface area contributed by atoms with Crippen LogP contribution in [0, 0.1) is 12.8 Å². The average molecular weight is 235 g/mol. The Morgan fingerprint density at radius 1 is 1.59 bits per heavy atom. The van der Waals surface area contributed by atoms with Crippen LogP contribution in [-0.2, 0) is 4.79 Å². The van der Waals surface area contributed by atoms with Crippen LogP contribution in [0.1, 0.15) is 30.3 Å². The van der Waals surface area contributed by atoms with Crippen molar-refractivity contribution in [2.75, 3.05) is 19.6 Å². The molecule has 1 atom stereocenters. The molecule has 2 aliphatic rings. The summed E-state index contributed by atoms with van der Waals surface area (Å²) in [6.45, 7) is 4.39. The van der Waals surface area contributed by atoms with Crippen molar-refractivity contribution in [3.05, 3.63) is 17.5 Å². The van der Waals surface area contributed by atoms with Gasteiger partial charge in [0.1, 0.15) is 0 Å². The minimum atomic E-state index is 0.101. The summed E-state index contributed by atoms with van der Waals surface area (Å²) in [5.41, 5.74) is 0.879. The van der Waals surface area contributed by atoms with Gasteiger partial charge in [0.05, 0.1) is 17.7 Å². The van der Waals surface area contributed by atoms with Crippen LogP contribution in [0.3, 0.4) is 0 Å². The summed E-state index contributed by atoms with van der Waals surface area (Å²) < 4.78 is 5.30. The predicted molar refractivity (Wildman–Crippen MR) is 61.3 cm³/mol. The largest absolute Gasteiger partial charge is 0.359 e. The zero-order valence-electron chi connectivity index (χ0n) is 9.98. The van der Waals surface area contributed by atoms with Gasteiger partial charge < -0.3 is 14.7 Å². The highest BCUT2D eigenvalue weighted by Gasteiger charge is 2.37. The second-order valence-electron chi connectivity index (χ2n) is 4.92. The minimum absolute atomic E-state index is 0.101. The maximum Gasteiger partial charge on any atom is 0.228 e. The summed E-state index contributed by atoms with van der Waals surface area (Å²) in [4.78, 5) is 14.2. The van der Waals surface area contributed by atoms with E-state index in [1.807, 2.05) is 17.9 Å². The molecule has 0 aliphatic carbocycles. The first-order valence-electron chi connectivity index (χ1n) is 6.20. The van der Waals surface area contributed by atoms with Crippen molar-refractivity contribution in [3.63, 3.8) is 0 Å². The molecule has 5 nitrogen and oxygen atoms in total. The van der Waals surface area contributed by atoms with Crippen LogP contribution in [0.5, 0.6) is 0 Å².